The first kappa shape index (κ1) is 97.7. The van der Waals surface area contributed by atoms with Crippen molar-refractivity contribution in [2.24, 2.45) is 0 Å². The summed E-state index contributed by atoms with van der Waals surface area (Å²) < 4.78 is 68.5. The summed E-state index contributed by atoms with van der Waals surface area (Å²) in [5.74, 6) is -2.27. The van der Waals surface area contributed by atoms with E-state index in [1.54, 1.807) is 0 Å². The van der Waals surface area contributed by atoms with Crippen LogP contribution in [0.3, 0.4) is 0 Å². The molecule has 5 atom stereocenters. The average molecular weight is 1480 g/mol. The minimum absolute atomic E-state index is 0.0644. The van der Waals surface area contributed by atoms with Gasteiger partial charge in [0.1, 0.15) is 19.3 Å². The third kappa shape index (κ3) is 74.0. The first-order chi connectivity index (χ1) is 49.7. The predicted molar refractivity (Wildman–Crippen MR) is 418 cm³/mol. The van der Waals surface area contributed by atoms with E-state index in [1.165, 1.54) is 103 Å². The lowest BCUT2D eigenvalue weighted by molar-refractivity contribution is -0.161. The highest BCUT2D eigenvalue weighted by molar-refractivity contribution is 7.47. The maximum Gasteiger partial charge on any atom is 0.472 e. The summed E-state index contributed by atoms with van der Waals surface area (Å²) in [6, 6.07) is 0. The molecule has 0 aliphatic heterocycles. The van der Waals surface area contributed by atoms with Crippen molar-refractivity contribution in [2.75, 3.05) is 39.6 Å². The first-order valence-corrected chi connectivity index (χ1v) is 43.1. The molecule has 2 unspecified atom stereocenters. The Morgan fingerprint density at radius 2 is 0.520 bits per heavy atom. The smallest absolute Gasteiger partial charge is 0.462 e. The van der Waals surface area contributed by atoms with Crippen LogP contribution in [-0.4, -0.2) is 96.7 Å². The Balaban J connectivity index is 5.43. The number of phosphoric ester groups is 2. The van der Waals surface area contributed by atoms with Gasteiger partial charge >= 0.3 is 39.5 Å². The quantitative estimate of drug-likeness (QED) is 0.0128. The predicted octanol–water partition coefficient (Wildman–Crippen LogP) is 23.3. The van der Waals surface area contributed by atoms with Crippen molar-refractivity contribution >= 4 is 39.5 Å². The van der Waals surface area contributed by atoms with E-state index in [1.807, 2.05) is 12.2 Å². The largest absolute Gasteiger partial charge is 0.472 e. The van der Waals surface area contributed by atoms with E-state index in [0.717, 1.165) is 148 Å². The third-order valence-corrected chi connectivity index (χ3v) is 18.6. The summed E-state index contributed by atoms with van der Waals surface area (Å²) in [4.78, 5) is 73.0. The van der Waals surface area contributed by atoms with Crippen molar-refractivity contribution in [3.8, 4) is 0 Å². The molecular weight excluding hydrogens is 1330 g/mol. The zero-order valence-electron chi connectivity index (χ0n) is 64.3. The van der Waals surface area contributed by atoms with Crippen LogP contribution in [0, 0.1) is 0 Å². The van der Waals surface area contributed by atoms with Crippen molar-refractivity contribution in [1.29, 1.82) is 0 Å². The summed E-state index contributed by atoms with van der Waals surface area (Å²) >= 11 is 0. The number of hydrogen-bond acceptors (Lipinski definition) is 15. The average Bonchev–Trinajstić information content (AvgIpc) is 0.923. The van der Waals surface area contributed by atoms with E-state index >= 15 is 0 Å². The molecule has 0 aromatic rings. The molecule has 0 bridgehead atoms. The zero-order valence-corrected chi connectivity index (χ0v) is 66.0. The molecule has 0 aliphatic rings. The Morgan fingerprint density at radius 3 is 0.873 bits per heavy atom. The standard InChI is InChI=1S/C83H144O17P2/c1-5-9-13-17-21-25-29-33-37-38-42-44-48-52-56-60-64-68-81(86)94-74-79(100-83(88)70-66-62-58-54-50-46-41-36-32-28-24-20-16-12-8-4)76-98-102(91,92)96-72-77(84)71-95-101(89,90)97-75-78(99-82(87)69-65-61-57-53-49-45-40-35-31-27-23-19-15-11-7-3)73-93-80(85)67-63-59-55-51-47-43-39-34-30-26-22-18-14-10-6-2/h21,23,25,27-28,32-37,39-42,44,52,56,77-79,84H,5-20,22,24,26,29-31,38,43,45-51,53-55,57-76H2,1-4H3,(H,89,90)(H,91,92)/b25-21-,27-23-,32-28-,37-33-,39-34-,40-35-,41-36-,44-42-,56-52-/t77-,78-,79-/m1/s1. The molecule has 0 aliphatic carbocycles. The maximum absolute atomic E-state index is 13.1. The molecule has 0 saturated heterocycles. The van der Waals surface area contributed by atoms with Crippen LogP contribution in [0.25, 0.3) is 0 Å². The van der Waals surface area contributed by atoms with Crippen molar-refractivity contribution in [2.45, 2.75) is 354 Å². The Bertz CT molecular complexity index is 2360. The van der Waals surface area contributed by atoms with E-state index < -0.39 is 97.5 Å². The van der Waals surface area contributed by atoms with Crippen LogP contribution < -0.4 is 0 Å². The van der Waals surface area contributed by atoms with Crippen LogP contribution in [0.15, 0.2) is 109 Å². The Morgan fingerprint density at radius 1 is 0.284 bits per heavy atom. The number of esters is 4. The number of aliphatic hydroxyl groups excluding tert-OH is 1. The van der Waals surface area contributed by atoms with Crippen molar-refractivity contribution in [1.82, 2.24) is 0 Å². The van der Waals surface area contributed by atoms with E-state index in [9.17, 15) is 43.2 Å². The lowest BCUT2D eigenvalue weighted by atomic mass is 10.1. The summed E-state index contributed by atoms with van der Waals surface area (Å²) in [6.45, 7) is 4.72. The number of carbonyl (C=O) groups excluding carboxylic acids is 4. The second-order valence-corrected chi connectivity index (χ2v) is 29.6. The van der Waals surface area contributed by atoms with Gasteiger partial charge in [-0.15, -0.1) is 0 Å². The van der Waals surface area contributed by atoms with Crippen LogP contribution in [0.2, 0.25) is 0 Å². The molecule has 0 rings (SSSR count). The monoisotopic (exact) mass is 1470 g/mol. The van der Waals surface area contributed by atoms with E-state index in [0.29, 0.717) is 32.1 Å². The summed E-state index contributed by atoms with van der Waals surface area (Å²) in [6.07, 6.45) is 80.7. The molecule has 588 valence electrons. The number of phosphoric acid groups is 2. The van der Waals surface area contributed by atoms with E-state index in [-0.39, 0.29) is 25.7 Å². The SMILES string of the molecule is CCCCC/C=C\C/C=C\C/C=C\C/C=C\CCCC(=O)OC[C@H](COP(=O)(O)OC[C@H](O)COP(=O)(O)OC[C@@H](COC(=O)CCCCCCC/C=C\CCCCCCCC)OC(=O)CCCCCCC/C=C\C/C=C\CCCCC)OC(=O)CCCCCCC/C=C\C=C/CCCCCC. The molecule has 19 heteroatoms. The van der Waals surface area contributed by atoms with Crippen LogP contribution in [0.1, 0.15) is 336 Å². The highest BCUT2D eigenvalue weighted by atomic mass is 31.2. The van der Waals surface area contributed by atoms with Gasteiger partial charge in [0.15, 0.2) is 12.2 Å². The summed E-state index contributed by atoms with van der Waals surface area (Å²) in [5.41, 5.74) is 0. The summed E-state index contributed by atoms with van der Waals surface area (Å²) in [5, 5.41) is 10.6. The topological polar surface area (TPSA) is 237 Å². The molecule has 0 heterocycles. The lowest BCUT2D eigenvalue weighted by Crippen LogP contribution is -2.30. The number of rotatable bonds is 75. The molecule has 0 fully saturated rings. The number of carbonyl (C=O) groups is 4. The second kappa shape index (κ2) is 75.0. The van der Waals surface area contributed by atoms with Gasteiger partial charge in [-0.1, -0.05) is 272 Å². The molecule has 0 saturated carbocycles. The highest BCUT2D eigenvalue weighted by Crippen LogP contribution is 2.45. The van der Waals surface area contributed by atoms with Gasteiger partial charge in [-0.3, -0.25) is 37.3 Å². The Kier molecular flexibility index (Phi) is 71.8. The van der Waals surface area contributed by atoms with Gasteiger partial charge in [-0.05, 0) is 148 Å². The Hall–Kier alpha value is -4.28. The maximum atomic E-state index is 13.1. The molecule has 0 spiro atoms. The number of hydrogen-bond donors (Lipinski definition) is 3. The number of aliphatic hydroxyl groups is 1. The molecule has 102 heavy (non-hydrogen) atoms. The number of unbranched alkanes of at least 4 members (excludes halogenated alkanes) is 32. The molecule has 0 aromatic carbocycles. The van der Waals surface area contributed by atoms with Crippen LogP contribution in [-0.2, 0) is 65.4 Å². The fraction of sp³-hybridized carbons (Fsp3) is 0.735. The zero-order chi connectivity index (χ0) is 74.6. The molecule has 0 radical (unpaired) electrons. The highest BCUT2D eigenvalue weighted by Gasteiger charge is 2.30. The molecule has 0 amide bonds. The van der Waals surface area contributed by atoms with Crippen molar-refractivity contribution < 1.29 is 80.2 Å². The summed E-state index contributed by atoms with van der Waals surface area (Å²) in [7, 11) is -9.98. The van der Waals surface area contributed by atoms with Gasteiger partial charge in [0.05, 0.1) is 26.4 Å². The third-order valence-electron chi connectivity index (χ3n) is 16.7. The van der Waals surface area contributed by atoms with Gasteiger partial charge in [0.25, 0.3) is 0 Å². The first-order valence-electron chi connectivity index (χ1n) is 40.1. The van der Waals surface area contributed by atoms with Gasteiger partial charge in [-0.25, -0.2) is 9.13 Å². The Labute approximate surface area is 619 Å². The van der Waals surface area contributed by atoms with Crippen LogP contribution in [0.5, 0.6) is 0 Å². The minimum Gasteiger partial charge on any atom is -0.462 e. The van der Waals surface area contributed by atoms with E-state index in [2.05, 4.69) is 125 Å². The van der Waals surface area contributed by atoms with Gasteiger partial charge in [0, 0.05) is 25.7 Å². The fourth-order valence-corrected chi connectivity index (χ4v) is 12.1. The van der Waals surface area contributed by atoms with Crippen LogP contribution >= 0.6 is 15.6 Å². The number of ether oxygens (including phenoxy) is 4. The van der Waals surface area contributed by atoms with E-state index in [4.69, 9.17) is 37.0 Å². The molecular formula is C83H144O17P2. The normalized spacial score (nSPS) is 14.5. The van der Waals surface area contributed by atoms with Crippen molar-refractivity contribution in [3.05, 3.63) is 109 Å². The van der Waals surface area contributed by atoms with Crippen molar-refractivity contribution in [3.63, 3.8) is 0 Å². The van der Waals surface area contributed by atoms with Gasteiger partial charge < -0.3 is 33.8 Å². The minimum atomic E-state index is -4.99. The number of allylic oxidation sites excluding steroid dienone is 18. The fourth-order valence-electron chi connectivity index (χ4n) is 10.5. The molecule has 3 N–H and O–H groups in total. The lowest BCUT2D eigenvalue weighted by Gasteiger charge is -2.21. The molecule has 17 nitrogen and oxygen atoms in total. The molecule has 0 aromatic heterocycles. The van der Waals surface area contributed by atoms with Crippen LogP contribution in [0.4, 0.5) is 0 Å². The second-order valence-electron chi connectivity index (χ2n) is 26.7. The van der Waals surface area contributed by atoms with Gasteiger partial charge in [-0.2, -0.15) is 0 Å². The van der Waals surface area contributed by atoms with Gasteiger partial charge in [0.2, 0.25) is 0 Å².